The molecule has 0 saturated carbocycles. The van der Waals surface area contributed by atoms with Crippen molar-refractivity contribution in [3.05, 3.63) is 0 Å². The fraction of sp³-hybridized carbons (Fsp3) is 0.846. The summed E-state index contributed by atoms with van der Waals surface area (Å²) >= 11 is 0. The van der Waals surface area contributed by atoms with E-state index in [9.17, 15) is 9.59 Å². The molecule has 0 fully saturated rings. The molecule has 0 N–H and O–H groups in total. The number of rotatable bonds is 8. The molecular formula is C13H24O4. The summed E-state index contributed by atoms with van der Waals surface area (Å²) in [5, 5.41) is 0. The van der Waals surface area contributed by atoms with E-state index in [-0.39, 0.29) is 19.1 Å². The summed E-state index contributed by atoms with van der Waals surface area (Å²) in [6, 6.07) is 0. The van der Waals surface area contributed by atoms with Crippen LogP contribution in [0.4, 0.5) is 0 Å². The van der Waals surface area contributed by atoms with Gasteiger partial charge in [0, 0.05) is 0 Å². The zero-order valence-corrected chi connectivity index (χ0v) is 11.3. The van der Waals surface area contributed by atoms with E-state index in [1.54, 1.807) is 13.8 Å². The van der Waals surface area contributed by atoms with Crippen molar-refractivity contribution >= 4 is 11.9 Å². The van der Waals surface area contributed by atoms with Gasteiger partial charge in [-0.1, -0.05) is 26.7 Å². The molecule has 0 aliphatic rings. The van der Waals surface area contributed by atoms with Crippen LogP contribution in [-0.2, 0) is 19.1 Å². The van der Waals surface area contributed by atoms with Crippen molar-refractivity contribution in [1.29, 1.82) is 0 Å². The van der Waals surface area contributed by atoms with Gasteiger partial charge in [-0.15, -0.1) is 0 Å². The quantitative estimate of drug-likeness (QED) is 0.486. The fourth-order valence-electron chi connectivity index (χ4n) is 1.72. The Bertz CT molecular complexity index is 220. The van der Waals surface area contributed by atoms with Gasteiger partial charge < -0.3 is 9.47 Å². The van der Waals surface area contributed by atoms with Gasteiger partial charge in [0.05, 0.1) is 13.2 Å². The Labute approximate surface area is 104 Å². The van der Waals surface area contributed by atoms with Gasteiger partial charge in [-0.2, -0.15) is 0 Å². The van der Waals surface area contributed by atoms with E-state index in [2.05, 4.69) is 6.92 Å². The second-order valence-corrected chi connectivity index (χ2v) is 4.10. The Morgan fingerprint density at radius 3 is 1.82 bits per heavy atom. The van der Waals surface area contributed by atoms with Crippen LogP contribution in [0.25, 0.3) is 0 Å². The summed E-state index contributed by atoms with van der Waals surface area (Å²) in [6.45, 7) is 8.02. The number of carbonyl (C=O) groups excluding carboxylic acids is 2. The minimum Gasteiger partial charge on any atom is -0.465 e. The van der Waals surface area contributed by atoms with Crippen LogP contribution >= 0.6 is 0 Å². The maximum absolute atomic E-state index is 11.7. The van der Waals surface area contributed by atoms with Crippen LogP contribution < -0.4 is 0 Å². The SMILES string of the molecule is CCCCC(C)C(C(=O)OCC)C(=O)OCC. The number of esters is 2. The van der Waals surface area contributed by atoms with E-state index in [1.807, 2.05) is 6.92 Å². The lowest BCUT2D eigenvalue weighted by molar-refractivity contribution is -0.164. The van der Waals surface area contributed by atoms with Crippen LogP contribution in [0, 0.1) is 11.8 Å². The smallest absolute Gasteiger partial charge is 0.320 e. The highest BCUT2D eigenvalue weighted by molar-refractivity contribution is 5.95. The van der Waals surface area contributed by atoms with Gasteiger partial charge in [-0.05, 0) is 26.2 Å². The van der Waals surface area contributed by atoms with Crippen molar-refractivity contribution in [1.82, 2.24) is 0 Å². The minimum absolute atomic E-state index is 0.0342. The van der Waals surface area contributed by atoms with Gasteiger partial charge in [0.25, 0.3) is 0 Å². The number of carbonyl (C=O) groups is 2. The normalized spacial score (nSPS) is 12.3. The molecule has 0 radical (unpaired) electrons. The van der Waals surface area contributed by atoms with E-state index in [1.165, 1.54) is 0 Å². The minimum atomic E-state index is -0.776. The second-order valence-electron chi connectivity index (χ2n) is 4.10. The predicted molar refractivity (Wildman–Crippen MR) is 65.4 cm³/mol. The Morgan fingerprint density at radius 2 is 1.47 bits per heavy atom. The molecule has 0 spiro atoms. The summed E-state index contributed by atoms with van der Waals surface area (Å²) in [4.78, 5) is 23.5. The van der Waals surface area contributed by atoms with E-state index in [0.29, 0.717) is 0 Å². The van der Waals surface area contributed by atoms with Crippen molar-refractivity contribution in [2.75, 3.05) is 13.2 Å². The third kappa shape index (κ3) is 5.71. The van der Waals surface area contributed by atoms with Gasteiger partial charge in [0.2, 0.25) is 0 Å². The average Bonchev–Trinajstić information content (AvgIpc) is 2.27. The molecule has 4 nitrogen and oxygen atoms in total. The van der Waals surface area contributed by atoms with E-state index < -0.39 is 17.9 Å². The van der Waals surface area contributed by atoms with Crippen molar-refractivity contribution in [3.8, 4) is 0 Å². The lowest BCUT2D eigenvalue weighted by atomic mass is 9.89. The van der Waals surface area contributed by atoms with Crippen molar-refractivity contribution in [3.63, 3.8) is 0 Å². The molecule has 4 heteroatoms. The van der Waals surface area contributed by atoms with Crippen molar-refractivity contribution < 1.29 is 19.1 Å². The Morgan fingerprint density at radius 1 is 1.00 bits per heavy atom. The Kier molecular flexibility index (Phi) is 8.46. The van der Waals surface area contributed by atoms with E-state index in [0.717, 1.165) is 19.3 Å². The van der Waals surface area contributed by atoms with Gasteiger partial charge in [0.15, 0.2) is 5.92 Å². The van der Waals surface area contributed by atoms with Crippen LogP contribution in [0.15, 0.2) is 0 Å². The molecule has 0 aromatic rings. The molecule has 0 aliphatic carbocycles. The van der Waals surface area contributed by atoms with Gasteiger partial charge in [-0.3, -0.25) is 9.59 Å². The highest BCUT2D eigenvalue weighted by Crippen LogP contribution is 2.21. The zero-order chi connectivity index (χ0) is 13.3. The molecule has 1 atom stereocenters. The van der Waals surface area contributed by atoms with Gasteiger partial charge >= 0.3 is 11.9 Å². The molecule has 0 amide bonds. The first-order valence-corrected chi connectivity index (χ1v) is 6.41. The second kappa shape index (κ2) is 9.02. The molecule has 1 unspecified atom stereocenters. The van der Waals surface area contributed by atoms with E-state index >= 15 is 0 Å². The lowest BCUT2D eigenvalue weighted by Crippen LogP contribution is -2.33. The highest BCUT2D eigenvalue weighted by Gasteiger charge is 2.34. The molecule has 17 heavy (non-hydrogen) atoms. The summed E-state index contributed by atoms with van der Waals surface area (Å²) < 4.78 is 9.87. The maximum atomic E-state index is 11.7. The Hall–Kier alpha value is -1.06. The fourth-order valence-corrected chi connectivity index (χ4v) is 1.72. The topological polar surface area (TPSA) is 52.6 Å². The summed E-state index contributed by atoms with van der Waals surface area (Å²) in [7, 11) is 0. The third-order valence-electron chi connectivity index (χ3n) is 2.66. The van der Waals surface area contributed by atoms with E-state index in [4.69, 9.17) is 9.47 Å². The van der Waals surface area contributed by atoms with Crippen LogP contribution in [0.1, 0.15) is 47.0 Å². The average molecular weight is 244 g/mol. The van der Waals surface area contributed by atoms with Crippen LogP contribution in [0.2, 0.25) is 0 Å². The monoisotopic (exact) mass is 244 g/mol. The largest absolute Gasteiger partial charge is 0.465 e. The summed E-state index contributed by atoms with van der Waals surface area (Å²) in [5.74, 6) is -1.74. The summed E-state index contributed by atoms with van der Waals surface area (Å²) in [5.41, 5.74) is 0. The first-order chi connectivity index (χ1) is 8.08. The zero-order valence-electron chi connectivity index (χ0n) is 11.3. The molecule has 0 saturated heterocycles. The van der Waals surface area contributed by atoms with Crippen LogP contribution in [-0.4, -0.2) is 25.2 Å². The molecule has 0 rings (SSSR count). The van der Waals surface area contributed by atoms with Crippen molar-refractivity contribution in [2.45, 2.75) is 47.0 Å². The molecule has 0 heterocycles. The molecular weight excluding hydrogens is 220 g/mol. The molecule has 100 valence electrons. The van der Waals surface area contributed by atoms with Gasteiger partial charge in [-0.25, -0.2) is 0 Å². The maximum Gasteiger partial charge on any atom is 0.320 e. The molecule has 0 aromatic heterocycles. The lowest BCUT2D eigenvalue weighted by Gasteiger charge is -2.20. The van der Waals surface area contributed by atoms with Crippen molar-refractivity contribution in [2.24, 2.45) is 11.8 Å². The predicted octanol–water partition coefficient (Wildman–Crippen LogP) is 2.56. The third-order valence-corrected chi connectivity index (χ3v) is 2.66. The van der Waals surface area contributed by atoms with Crippen LogP contribution in [0.3, 0.4) is 0 Å². The highest BCUT2D eigenvalue weighted by atomic mass is 16.6. The number of hydrogen-bond donors (Lipinski definition) is 0. The van der Waals surface area contributed by atoms with Gasteiger partial charge in [0.1, 0.15) is 0 Å². The number of ether oxygens (including phenoxy) is 2. The van der Waals surface area contributed by atoms with Crippen LogP contribution in [0.5, 0.6) is 0 Å². The molecule has 0 aromatic carbocycles. The number of hydrogen-bond acceptors (Lipinski definition) is 4. The first-order valence-electron chi connectivity index (χ1n) is 6.41. The summed E-state index contributed by atoms with van der Waals surface area (Å²) in [6.07, 6.45) is 2.87. The Balaban J connectivity index is 4.58. The first kappa shape index (κ1) is 15.9. The standard InChI is InChI=1S/C13H24O4/c1-5-8-9-10(4)11(12(14)16-6-2)13(15)17-7-3/h10-11H,5-9H2,1-4H3. The molecule has 0 aliphatic heterocycles. The molecule has 0 bridgehead atoms. The number of unbranched alkanes of at least 4 members (excludes halogenated alkanes) is 1.